The number of aldehydes is 1. The summed E-state index contributed by atoms with van der Waals surface area (Å²) in [6, 6.07) is 26.7. The number of ketones is 1. The van der Waals surface area contributed by atoms with E-state index in [0.717, 1.165) is 27.7 Å². The fourth-order valence-electron chi connectivity index (χ4n) is 4.98. The third-order valence-corrected chi connectivity index (χ3v) is 8.22. The number of halogens is 2. The summed E-state index contributed by atoms with van der Waals surface area (Å²) in [6.07, 6.45) is 1.62. The van der Waals surface area contributed by atoms with Crippen LogP contribution in [0.3, 0.4) is 0 Å². The van der Waals surface area contributed by atoms with Crippen molar-refractivity contribution >= 4 is 64.0 Å². The van der Waals surface area contributed by atoms with Gasteiger partial charge in [0.1, 0.15) is 11.2 Å². The van der Waals surface area contributed by atoms with Gasteiger partial charge in [-0.1, -0.05) is 71.7 Å². The van der Waals surface area contributed by atoms with E-state index in [0.29, 0.717) is 39.7 Å². The van der Waals surface area contributed by atoms with Gasteiger partial charge in [0.15, 0.2) is 12.1 Å². The Hall–Kier alpha value is -5.52. The third-order valence-electron chi connectivity index (χ3n) is 7.56. The number of amides is 2. The molecule has 0 aliphatic heterocycles. The van der Waals surface area contributed by atoms with Crippen LogP contribution >= 0.6 is 23.2 Å². The van der Waals surface area contributed by atoms with Crippen molar-refractivity contribution in [1.29, 1.82) is 0 Å². The van der Waals surface area contributed by atoms with Gasteiger partial charge in [0.05, 0.1) is 39.6 Å². The van der Waals surface area contributed by atoms with E-state index in [1.807, 2.05) is 100 Å². The molecule has 0 aliphatic carbocycles. The Morgan fingerprint density at radius 2 is 1.38 bits per heavy atom. The van der Waals surface area contributed by atoms with Gasteiger partial charge >= 0.3 is 12.2 Å². The van der Waals surface area contributed by atoms with Gasteiger partial charge in [-0.3, -0.25) is 14.6 Å². The molecule has 5 rings (SSSR count). The topological polar surface area (TPSA) is 163 Å². The minimum atomic E-state index is -0.571. The molecule has 0 saturated carbocycles. The Morgan fingerprint density at radius 3 is 1.93 bits per heavy atom. The van der Waals surface area contributed by atoms with Crippen LogP contribution in [0.25, 0.3) is 22.2 Å². The predicted octanol–water partition coefficient (Wildman–Crippen LogP) is 9.98. The number of nitrogens with one attached hydrogen (secondary N) is 2. The van der Waals surface area contributed by atoms with Crippen LogP contribution in [0.2, 0.25) is 10.0 Å². The number of carbonyl (C=O) groups is 4. The Bertz CT molecular complexity index is 2080. The summed E-state index contributed by atoms with van der Waals surface area (Å²) in [5.74, 6) is -0.0444. The number of hydrogen-bond donors (Lipinski definition) is 3. The van der Waals surface area contributed by atoms with Crippen molar-refractivity contribution in [2.45, 2.75) is 85.1 Å². The molecule has 0 bridgehead atoms. The summed E-state index contributed by atoms with van der Waals surface area (Å²) >= 11 is 12.0. The molecule has 0 spiro atoms. The molecule has 2 atom stereocenters. The van der Waals surface area contributed by atoms with Crippen LogP contribution in [-0.4, -0.2) is 51.5 Å². The number of hydrogen-bond acceptors (Lipinski definition) is 9. The number of nitrogen functional groups attached to an aromatic ring is 1. The van der Waals surface area contributed by atoms with E-state index < -0.39 is 29.4 Å². The molecule has 0 saturated heterocycles. The van der Waals surface area contributed by atoms with Gasteiger partial charge in [0.25, 0.3) is 0 Å². The van der Waals surface area contributed by atoms with Crippen molar-refractivity contribution < 1.29 is 28.7 Å². The standard InChI is InChI=1S/C21H22ClN3O2.C15H21NO3.C7H6ClNO/c1-13(24-20(26)27-21(2,3)4)19-15(17-9-5-6-11-23-17)12-14-16(22)8-7-10-18(14)25-19;1-11(16-14(18)19-15(2,3)4)13(17)10-12-8-6-5-7-9-12;8-6-2-1-3-7(9)5(6)4-10/h5-13H,1-4H3,(H,24,26);5-9,11H,10H2,1-4H3,(H,16,18);1-4H,9H2. The second-order valence-electron chi connectivity index (χ2n) is 14.7. The second-order valence-corrected chi connectivity index (χ2v) is 15.5. The summed E-state index contributed by atoms with van der Waals surface area (Å²) in [4.78, 5) is 55.2. The minimum Gasteiger partial charge on any atom is -0.444 e. The van der Waals surface area contributed by atoms with Crippen LogP contribution in [0.1, 0.15) is 83.0 Å². The summed E-state index contributed by atoms with van der Waals surface area (Å²) < 4.78 is 10.5. The zero-order valence-corrected chi connectivity index (χ0v) is 34.4. The normalized spacial score (nSPS) is 12.0. The third kappa shape index (κ3) is 14.6. The van der Waals surface area contributed by atoms with Crippen molar-refractivity contribution in [3.8, 4) is 11.3 Å². The first-order valence-corrected chi connectivity index (χ1v) is 18.6. The van der Waals surface area contributed by atoms with Crippen molar-refractivity contribution in [2.24, 2.45) is 0 Å². The molecule has 5 aromatic rings. The van der Waals surface area contributed by atoms with Gasteiger partial charge in [0.2, 0.25) is 0 Å². The number of alkyl carbamates (subject to hydrolysis) is 2. The largest absolute Gasteiger partial charge is 0.444 e. The zero-order chi connectivity index (χ0) is 41.6. The average Bonchev–Trinajstić information content (AvgIpc) is 3.11. The van der Waals surface area contributed by atoms with Crippen molar-refractivity contribution in [1.82, 2.24) is 20.6 Å². The molecule has 2 heterocycles. The maximum atomic E-state index is 12.2. The monoisotopic (exact) mass is 801 g/mol. The van der Waals surface area contributed by atoms with Crippen LogP contribution in [-0.2, 0) is 20.7 Å². The maximum absolute atomic E-state index is 12.2. The molecule has 4 N–H and O–H groups in total. The maximum Gasteiger partial charge on any atom is 0.408 e. The molecule has 2 unspecified atom stereocenters. The van der Waals surface area contributed by atoms with Crippen LogP contribution in [0, 0.1) is 0 Å². The minimum absolute atomic E-state index is 0.0444. The van der Waals surface area contributed by atoms with E-state index in [1.165, 1.54) is 0 Å². The molecule has 13 heteroatoms. The first-order chi connectivity index (χ1) is 26.3. The van der Waals surface area contributed by atoms with Crippen molar-refractivity contribution in [2.75, 3.05) is 5.73 Å². The number of rotatable bonds is 8. The second kappa shape index (κ2) is 20.4. The molecule has 296 valence electrons. The summed E-state index contributed by atoms with van der Waals surface area (Å²) in [7, 11) is 0. The molecule has 11 nitrogen and oxygen atoms in total. The lowest BCUT2D eigenvalue weighted by Gasteiger charge is -2.23. The molecule has 3 aromatic carbocycles. The van der Waals surface area contributed by atoms with E-state index in [-0.39, 0.29) is 11.8 Å². The number of Topliss-reactive ketones (excluding diaryl/α,β-unsaturated/α-hetero) is 1. The van der Waals surface area contributed by atoms with Crippen LogP contribution in [0.5, 0.6) is 0 Å². The van der Waals surface area contributed by atoms with Gasteiger partial charge in [0, 0.05) is 34.3 Å². The molecule has 56 heavy (non-hydrogen) atoms. The van der Waals surface area contributed by atoms with Crippen molar-refractivity contribution in [3.05, 3.63) is 124 Å². The first kappa shape index (κ1) is 44.9. The molecule has 0 fully saturated rings. The van der Waals surface area contributed by atoms with Gasteiger partial charge in [-0.25, -0.2) is 14.6 Å². The summed E-state index contributed by atoms with van der Waals surface area (Å²) in [5, 5.41) is 7.26. The SMILES string of the molecule is CC(NC(=O)OC(C)(C)C)C(=O)Cc1ccccc1.CC(NC(=O)OC(C)(C)C)c1nc2cccc(Cl)c2cc1-c1ccccn1.Nc1cccc(Cl)c1C=O. The van der Waals surface area contributed by atoms with E-state index in [1.54, 1.807) is 52.1 Å². The van der Waals surface area contributed by atoms with E-state index in [2.05, 4.69) is 15.6 Å². The number of ether oxygens (including phenoxy) is 2. The number of fused-ring (bicyclic) bond motifs is 1. The predicted molar refractivity (Wildman–Crippen MR) is 223 cm³/mol. The van der Waals surface area contributed by atoms with E-state index in [9.17, 15) is 19.2 Å². The highest BCUT2D eigenvalue weighted by Crippen LogP contribution is 2.32. The fraction of sp³-hybridized carbons (Fsp3) is 0.302. The number of carbonyl (C=O) groups excluding carboxylic acids is 4. The number of aromatic nitrogens is 2. The van der Waals surface area contributed by atoms with Crippen LogP contribution in [0.4, 0.5) is 15.3 Å². The number of pyridine rings is 2. The van der Waals surface area contributed by atoms with Crippen LogP contribution < -0.4 is 16.4 Å². The summed E-state index contributed by atoms with van der Waals surface area (Å²) in [6.45, 7) is 14.4. The number of nitrogens with zero attached hydrogens (tertiary/aromatic N) is 2. The molecular weight excluding hydrogens is 753 g/mol. The number of benzene rings is 3. The lowest BCUT2D eigenvalue weighted by Crippen LogP contribution is -2.42. The van der Waals surface area contributed by atoms with E-state index >= 15 is 0 Å². The van der Waals surface area contributed by atoms with Crippen molar-refractivity contribution in [3.63, 3.8) is 0 Å². The highest BCUT2D eigenvalue weighted by molar-refractivity contribution is 6.35. The fourth-order valence-corrected chi connectivity index (χ4v) is 5.43. The average molecular weight is 803 g/mol. The Morgan fingerprint density at radius 1 is 0.786 bits per heavy atom. The molecular formula is C43H49Cl2N5O6. The molecule has 2 amide bonds. The van der Waals surface area contributed by atoms with E-state index in [4.69, 9.17) is 43.4 Å². The first-order valence-electron chi connectivity index (χ1n) is 17.8. The Balaban J connectivity index is 0.000000251. The molecule has 2 aromatic heterocycles. The highest BCUT2D eigenvalue weighted by Gasteiger charge is 2.23. The van der Waals surface area contributed by atoms with Crippen LogP contribution in [0.15, 0.2) is 97.2 Å². The lowest BCUT2D eigenvalue weighted by atomic mass is 10.0. The highest BCUT2D eigenvalue weighted by atomic mass is 35.5. The Kier molecular flexibility index (Phi) is 16.4. The molecule has 0 radical (unpaired) electrons. The van der Waals surface area contributed by atoms with Gasteiger partial charge in [-0.15, -0.1) is 0 Å². The number of nitrogens with two attached hydrogens (primary N) is 1. The lowest BCUT2D eigenvalue weighted by molar-refractivity contribution is -0.120. The van der Waals surface area contributed by atoms with Gasteiger partial charge in [-0.05, 0) is 103 Å². The number of anilines is 1. The summed E-state index contributed by atoms with van der Waals surface area (Å²) in [5.41, 5.74) is 9.05. The van der Waals surface area contributed by atoms with Gasteiger partial charge < -0.3 is 25.8 Å². The quantitative estimate of drug-likeness (QED) is 0.102. The smallest absolute Gasteiger partial charge is 0.408 e. The van der Waals surface area contributed by atoms with Gasteiger partial charge in [-0.2, -0.15) is 0 Å². The Labute approximate surface area is 338 Å². The molecule has 0 aliphatic rings. The zero-order valence-electron chi connectivity index (χ0n) is 32.9.